The fourth-order valence-corrected chi connectivity index (χ4v) is 3.72. The van der Waals surface area contributed by atoms with Gasteiger partial charge in [-0.15, -0.1) is 24.0 Å². The fourth-order valence-electron chi connectivity index (χ4n) is 3.72. The van der Waals surface area contributed by atoms with E-state index in [-0.39, 0.29) is 35.3 Å². The van der Waals surface area contributed by atoms with E-state index in [1.807, 2.05) is 33.4 Å². The summed E-state index contributed by atoms with van der Waals surface area (Å²) in [6.45, 7) is 4.53. The molecule has 0 aromatic carbocycles. The molecule has 0 aliphatic heterocycles. The molecule has 1 heterocycles. The molecule has 1 aromatic heterocycles. The molecule has 1 aromatic rings. The summed E-state index contributed by atoms with van der Waals surface area (Å²) >= 11 is 0. The number of hydrogen-bond donors (Lipinski definition) is 2. The van der Waals surface area contributed by atoms with Crippen LogP contribution in [0.25, 0.3) is 0 Å². The SMILES string of the molecule is CN=C(NCCCCn1ccnc1C)NCC1(C(=O)N(C)C)CCCC1.I. The van der Waals surface area contributed by atoms with Crippen molar-refractivity contribution in [2.45, 2.75) is 52.0 Å². The third-order valence-electron chi connectivity index (χ3n) is 5.28. The van der Waals surface area contributed by atoms with E-state index >= 15 is 0 Å². The first-order valence-electron chi connectivity index (χ1n) is 9.62. The number of aromatic nitrogens is 2. The van der Waals surface area contributed by atoms with Gasteiger partial charge < -0.3 is 20.1 Å². The van der Waals surface area contributed by atoms with Crippen LogP contribution >= 0.6 is 24.0 Å². The summed E-state index contributed by atoms with van der Waals surface area (Å²) in [5.74, 6) is 2.07. The molecule has 1 saturated carbocycles. The minimum Gasteiger partial charge on any atom is -0.356 e. The van der Waals surface area contributed by atoms with Crippen LogP contribution in [-0.4, -0.2) is 60.6 Å². The van der Waals surface area contributed by atoms with Gasteiger partial charge in [0.1, 0.15) is 5.82 Å². The van der Waals surface area contributed by atoms with Gasteiger partial charge in [0, 0.05) is 53.2 Å². The third-order valence-corrected chi connectivity index (χ3v) is 5.28. The molecule has 1 aliphatic carbocycles. The average Bonchev–Trinajstić information content (AvgIpc) is 3.26. The second kappa shape index (κ2) is 11.5. The predicted octanol–water partition coefficient (Wildman–Crippen LogP) is 2.40. The zero-order chi connectivity index (χ0) is 19.0. The van der Waals surface area contributed by atoms with Crippen molar-refractivity contribution in [3.63, 3.8) is 0 Å². The van der Waals surface area contributed by atoms with Crippen LogP contribution < -0.4 is 10.6 Å². The highest BCUT2D eigenvalue weighted by Crippen LogP contribution is 2.38. The van der Waals surface area contributed by atoms with E-state index in [9.17, 15) is 4.79 Å². The maximum Gasteiger partial charge on any atom is 0.230 e. The van der Waals surface area contributed by atoms with Gasteiger partial charge in [0.05, 0.1) is 5.41 Å². The molecule has 0 atom stereocenters. The van der Waals surface area contributed by atoms with Gasteiger partial charge in [-0.2, -0.15) is 0 Å². The summed E-state index contributed by atoms with van der Waals surface area (Å²) in [4.78, 5) is 22.9. The van der Waals surface area contributed by atoms with E-state index in [4.69, 9.17) is 0 Å². The molecule has 2 rings (SSSR count). The molecule has 1 amide bonds. The van der Waals surface area contributed by atoms with Crippen LogP contribution in [0.4, 0.5) is 0 Å². The zero-order valence-electron chi connectivity index (χ0n) is 17.1. The number of nitrogens with zero attached hydrogens (tertiary/aromatic N) is 4. The fraction of sp³-hybridized carbons (Fsp3) is 0.737. The quantitative estimate of drug-likeness (QED) is 0.254. The molecule has 7 nitrogen and oxygen atoms in total. The van der Waals surface area contributed by atoms with Crippen molar-refractivity contribution in [1.29, 1.82) is 0 Å². The van der Waals surface area contributed by atoms with Crippen LogP contribution in [0.3, 0.4) is 0 Å². The lowest BCUT2D eigenvalue weighted by Crippen LogP contribution is -2.49. The standard InChI is InChI=1S/C19H34N6O.HI/c1-16-21-12-14-25(16)13-8-7-11-22-18(20-2)23-15-19(9-5-6-10-19)17(26)24(3)4;/h12,14H,5-11,13,15H2,1-4H3,(H2,20,22,23);1H. The number of hydrogen-bond acceptors (Lipinski definition) is 3. The lowest BCUT2D eigenvalue weighted by atomic mass is 9.84. The number of imidazole rings is 1. The molecule has 154 valence electrons. The lowest BCUT2D eigenvalue weighted by Gasteiger charge is -2.31. The van der Waals surface area contributed by atoms with E-state index in [0.29, 0.717) is 6.54 Å². The van der Waals surface area contributed by atoms with Gasteiger partial charge in [0.25, 0.3) is 0 Å². The smallest absolute Gasteiger partial charge is 0.230 e. The highest BCUT2D eigenvalue weighted by atomic mass is 127. The maximum absolute atomic E-state index is 12.6. The number of carbonyl (C=O) groups is 1. The number of guanidine groups is 1. The molecule has 0 unspecified atom stereocenters. The lowest BCUT2D eigenvalue weighted by molar-refractivity contribution is -0.138. The number of carbonyl (C=O) groups excluding carboxylic acids is 1. The molecule has 0 radical (unpaired) electrons. The second-order valence-electron chi connectivity index (χ2n) is 7.41. The van der Waals surface area contributed by atoms with E-state index in [1.165, 1.54) is 0 Å². The number of unbranched alkanes of at least 4 members (excludes halogenated alkanes) is 1. The number of aryl methyl sites for hydroxylation is 2. The van der Waals surface area contributed by atoms with Gasteiger partial charge in [0.2, 0.25) is 5.91 Å². The third kappa shape index (κ3) is 6.65. The Labute approximate surface area is 180 Å². The van der Waals surface area contributed by atoms with Gasteiger partial charge in [-0.1, -0.05) is 12.8 Å². The van der Waals surface area contributed by atoms with Crippen molar-refractivity contribution < 1.29 is 4.79 Å². The number of halogens is 1. The molecule has 1 fully saturated rings. The number of rotatable bonds is 8. The minimum atomic E-state index is -0.278. The number of nitrogens with one attached hydrogen (secondary N) is 2. The van der Waals surface area contributed by atoms with Gasteiger partial charge in [0.15, 0.2) is 5.96 Å². The van der Waals surface area contributed by atoms with Crippen molar-refractivity contribution >= 4 is 35.8 Å². The number of amides is 1. The van der Waals surface area contributed by atoms with Crippen molar-refractivity contribution in [3.05, 3.63) is 18.2 Å². The summed E-state index contributed by atoms with van der Waals surface area (Å²) in [6.07, 6.45) is 10.2. The summed E-state index contributed by atoms with van der Waals surface area (Å²) in [5.41, 5.74) is -0.278. The van der Waals surface area contributed by atoms with E-state index in [2.05, 4.69) is 25.2 Å². The molecule has 0 bridgehead atoms. The molecular formula is C19H35IN6O. The Morgan fingerprint density at radius 3 is 2.56 bits per heavy atom. The largest absolute Gasteiger partial charge is 0.356 e. The molecule has 27 heavy (non-hydrogen) atoms. The zero-order valence-corrected chi connectivity index (χ0v) is 19.5. The molecular weight excluding hydrogens is 455 g/mol. The Hall–Kier alpha value is -1.32. The molecule has 0 saturated heterocycles. The van der Waals surface area contributed by atoms with Crippen LogP contribution in [0.2, 0.25) is 0 Å². The van der Waals surface area contributed by atoms with Crippen LogP contribution in [0, 0.1) is 12.3 Å². The predicted molar refractivity (Wildman–Crippen MR) is 121 cm³/mol. The summed E-state index contributed by atoms with van der Waals surface area (Å²) in [7, 11) is 5.47. The van der Waals surface area contributed by atoms with Crippen molar-refractivity contribution in [2.75, 3.05) is 34.2 Å². The summed E-state index contributed by atoms with van der Waals surface area (Å²) in [6, 6.07) is 0. The van der Waals surface area contributed by atoms with Gasteiger partial charge in [-0.25, -0.2) is 4.98 Å². The molecule has 8 heteroatoms. The van der Waals surface area contributed by atoms with E-state index in [0.717, 1.165) is 63.4 Å². The first kappa shape index (κ1) is 23.7. The normalized spacial score (nSPS) is 15.9. The number of aliphatic imine (C=N–C) groups is 1. The van der Waals surface area contributed by atoms with Crippen molar-refractivity contribution in [3.8, 4) is 0 Å². The molecule has 0 spiro atoms. The Balaban J connectivity index is 0.00000364. The Morgan fingerprint density at radius 1 is 1.30 bits per heavy atom. The minimum absolute atomic E-state index is 0. The van der Waals surface area contributed by atoms with Crippen LogP contribution in [0.5, 0.6) is 0 Å². The first-order valence-corrected chi connectivity index (χ1v) is 9.62. The van der Waals surface area contributed by atoms with Gasteiger partial charge in [-0.3, -0.25) is 9.79 Å². The van der Waals surface area contributed by atoms with Crippen LogP contribution in [0.15, 0.2) is 17.4 Å². The van der Waals surface area contributed by atoms with Crippen molar-refractivity contribution in [2.24, 2.45) is 10.4 Å². The summed E-state index contributed by atoms with van der Waals surface area (Å²) in [5, 5.41) is 6.74. The van der Waals surface area contributed by atoms with Gasteiger partial charge >= 0.3 is 0 Å². The Bertz CT molecular complexity index is 607. The Morgan fingerprint density at radius 2 is 2.00 bits per heavy atom. The van der Waals surface area contributed by atoms with E-state index < -0.39 is 0 Å². The second-order valence-corrected chi connectivity index (χ2v) is 7.41. The Kier molecular flexibility index (Phi) is 10.1. The topological polar surface area (TPSA) is 74.5 Å². The maximum atomic E-state index is 12.6. The van der Waals surface area contributed by atoms with E-state index in [1.54, 1.807) is 11.9 Å². The van der Waals surface area contributed by atoms with Crippen LogP contribution in [-0.2, 0) is 11.3 Å². The highest BCUT2D eigenvalue weighted by Gasteiger charge is 2.42. The molecule has 1 aliphatic rings. The first-order chi connectivity index (χ1) is 12.5. The monoisotopic (exact) mass is 490 g/mol. The highest BCUT2D eigenvalue weighted by molar-refractivity contribution is 14.0. The average molecular weight is 490 g/mol. The van der Waals surface area contributed by atoms with Gasteiger partial charge in [-0.05, 0) is 32.6 Å². The van der Waals surface area contributed by atoms with Crippen LogP contribution in [0.1, 0.15) is 44.3 Å². The van der Waals surface area contributed by atoms with Crippen molar-refractivity contribution in [1.82, 2.24) is 25.1 Å². The summed E-state index contributed by atoms with van der Waals surface area (Å²) < 4.78 is 2.17. The molecule has 2 N–H and O–H groups in total.